The van der Waals surface area contributed by atoms with E-state index >= 15 is 0 Å². The summed E-state index contributed by atoms with van der Waals surface area (Å²) in [6.07, 6.45) is -4.46. The quantitative estimate of drug-likeness (QED) is 0.753. The average molecular weight is 273 g/mol. The van der Waals surface area contributed by atoms with E-state index in [2.05, 4.69) is 4.98 Å². The zero-order valence-electron chi connectivity index (χ0n) is 8.91. The molecule has 0 aliphatic carbocycles. The Labute approximate surface area is 105 Å². The second-order valence-corrected chi connectivity index (χ2v) is 4.51. The monoisotopic (exact) mass is 273 g/mol. The van der Waals surface area contributed by atoms with Crippen LogP contribution in [0.25, 0.3) is 0 Å². The van der Waals surface area contributed by atoms with Gasteiger partial charge < -0.3 is 0 Å². The normalized spacial score (nSPS) is 11.6. The van der Waals surface area contributed by atoms with E-state index in [0.717, 1.165) is 17.8 Å². The van der Waals surface area contributed by atoms with Gasteiger partial charge in [-0.15, -0.1) is 0 Å². The van der Waals surface area contributed by atoms with Gasteiger partial charge in [-0.25, -0.2) is 9.37 Å². The van der Waals surface area contributed by atoms with Crippen molar-refractivity contribution in [3.8, 4) is 0 Å². The summed E-state index contributed by atoms with van der Waals surface area (Å²) < 4.78 is 50.0. The molecule has 1 heterocycles. The van der Waals surface area contributed by atoms with E-state index in [-0.39, 0.29) is 5.03 Å². The standard InChI is InChI=1S/C12H7F4NS/c13-8-4-6-9(7-5-8)18-11-3-1-2-10(17-11)12(14,15)16/h1-7H. The Morgan fingerprint density at radius 3 is 2.22 bits per heavy atom. The first-order chi connectivity index (χ1) is 8.45. The molecule has 2 rings (SSSR count). The van der Waals surface area contributed by atoms with Gasteiger partial charge in [-0.3, -0.25) is 0 Å². The Morgan fingerprint density at radius 2 is 1.61 bits per heavy atom. The molecule has 0 atom stereocenters. The highest BCUT2D eigenvalue weighted by molar-refractivity contribution is 7.99. The topological polar surface area (TPSA) is 12.9 Å². The van der Waals surface area contributed by atoms with E-state index in [4.69, 9.17) is 0 Å². The lowest BCUT2D eigenvalue weighted by atomic mass is 10.3. The predicted molar refractivity (Wildman–Crippen MR) is 59.8 cm³/mol. The van der Waals surface area contributed by atoms with Gasteiger partial charge in [0.05, 0.1) is 0 Å². The third-order valence-corrected chi connectivity index (χ3v) is 2.99. The molecule has 1 nitrogen and oxygen atoms in total. The van der Waals surface area contributed by atoms with E-state index in [1.165, 1.54) is 36.4 Å². The molecule has 6 heteroatoms. The zero-order chi connectivity index (χ0) is 13.2. The largest absolute Gasteiger partial charge is 0.433 e. The highest BCUT2D eigenvalue weighted by Crippen LogP contribution is 2.31. The van der Waals surface area contributed by atoms with Crippen molar-refractivity contribution in [3.05, 3.63) is 54.0 Å². The summed E-state index contributed by atoms with van der Waals surface area (Å²) in [5.41, 5.74) is -0.936. The second-order valence-electron chi connectivity index (χ2n) is 3.41. The summed E-state index contributed by atoms with van der Waals surface area (Å²) in [6, 6.07) is 9.15. The minimum Gasteiger partial charge on any atom is -0.237 e. The molecule has 0 aliphatic heterocycles. The number of alkyl halides is 3. The number of benzene rings is 1. The van der Waals surface area contributed by atoms with Crippen LogP contribution in [0.3, 0.4) is 0 Å². The molecular weight excluding hydrogens is 266 g/mol. The number of hydrogen-bond acceptors (Lipinski definition) is 2. The Bertz CT molecular complexity index is 537. The molecule has 0 bridgehead atoms. The molecule has 94 valence electrons. The molecule has 0 fully saturated rings. The molecule has 1 aromatic carbocycles. The zero-order valence-corrected chi connectivity index (χ0v) is 9.73. The fraction of sp³-hybridized carbons (Fsp3) is 0.0833. The van der Waals surface area contributed by atoms with Crippen LogP contribution in [0.15, 0.2) is 52.4 Å². The van der Waals surface area contributed by atoms with E-state index in [0.29, 0.717) is 4.90 Å². The third kappa shape index (κ3) is 3.22. The van der Waals surface area contributed by atoms with E-state index in [1.54, 1.807) is 0 Å². The molecular formula is C12H7F4NS. The molecule has 0 N–H and O–H groups in total. The van der Waals surface area contributed by atoms with E-state index in [1.807, 2.05) is 0 Å². The van der Waals surface area contributed by atoms with Crippen LogP contribution >= 0.6 is 11.8 Å². The van der Waals surface area contributed by atoms with Gasteiger partial charge in [0.15, 0.2) is 0 Å². The molecule has 0 unspecified atom stereocenters. The Morgan fingerprint density at radius 1 is 0.944 bits per heavy atom. The maximum atomic E-state index is 12.7. The molecule has 0 saturated heterocycles. The lowest BCUT2D eigenvalue weighted by Crippen LogP contribution is -2.07. The Hall–Kier alpha value is -1.56. The van der Waals surface area contributed by atoms with Gasteiger partial charge in [-0.2, -0.15) is 13.2 Å². The Balaban J connectivity index is 2.22. The summed E-state index contributed by atoms with van der Waals surface area (Å²) in [6.45, 7) is 0. The van der Waals surface area contributed by atoms with Gasteiger partial charge in [0, 0.05) is 4.90 Å². The van der Waals surface area contributed by atoms with Crippen molar-refractivity contribution in [1.29, 1.82) is 0 Å². The summed E-state index contributed by atoms with van der Waals surface area (Å²) >= 11 is 1.05. The van der Waals surface area contributed by atoms with Crippen molar-refractivity contribution < 1.29 is 17.6 Å². The second kappa shape index (κ2) is 4.97. The number of halogens is 4. The third-order valence-electron chi connectivity index (χ3n) is 2.05. The number of pyridine rings is 1. The minimum absolute atomic E-state index is 0.219. The smallest absolute Gasteiger partial charge is 0.237 e. The van der Waals surface area contributed by atoms with Crippen LogP contribution in [-0.4, -0.2) is 4.98 Å². The Kier molecular flexibility index (Phi) is 3.56. The van der Waals surface area contributed by atoms with Gasteiger partial charge in [-0.1, -0.05) is 17.8 Å². The van der Waals surface area contributed by atoms with Crippen LogP contribution in [0, 0.1) is 5.82 Å². The van der Waals surface area contributed by atoms with Crippen molar-refractivity contribution in [2.45, 2.75) is 16.1 Å². The lowest BCUT2D eigenvalue weighted by molar-refractivity contribution is -0.141. The van der Waals surface area contributed by atoms with Crippen LogP contribution in [0.1, 0.15) is 5.69 Å². The van der Waals surface area contributed by atoms with Crippen LogP contribution in [0.2, 0.25) is 0 Å². The van der Waals surface area contributed by atoms with Gasteiger partial charge in [0.1, 0.15) is 16.5 Å². The number of hydrogen-bond donors (Lipinski definition) is 0. The highest BCUT2D eigenvalue weighted by atomic mass is 32.2. The van der Waals surface area contributed by atoms with Crippen LogP contribution in [0.4, 0.5) is 17.6 Å². The van der Waals surface area contributed by atoms with E-state index in [9.17, 15) is 17.6 Å². The van der Waals surface area contributed by atoms with Crippen LogP contribution < -0.4 is 0 Å². The van der Waals surface area contributed by atoms with Gasteiger partial charge in [0.25, 0.3) is 0 Å². The first-order valence-electron chi connectivity index (χ1n) is 4.93. The predicted octanol–water partition coefficient (Wildman–Crippen LogP) is 4.39. The van der Waals surface area contributed by atoms with Crippen LogP contribution in [0.5, 0.6) is 0 Å². The van der Waals surface area contributed by atoms with Crippen LogP contribution in [-0.2, 0) is 6.18 Å². The first kappa shape index (κ1) is 12.9. The first-order valence-corrected chi connectivity index (χ1v) is 5.74. The van der Waals surface area contributed by atoms with Gasteiger partial charge in [-0.05, 0) is 36.4 Å². The molecule has 1 aromatic heterocycles. The molecule has 0 spiro atoms. The molecule has 0 saturated carbocycles. The minimum atomic E-state index is -4.46. The molecule has 0 radical (unpaired) electrons. The number of aromatic nitrogens is 1. The summed E-state index contributed by atoms with van der Waals surface area (Å²) in [5.74, 6) is -0.392. The number of nitrogens with zero attached hydrogens (tertiary/aromatic N) is 1. The van der Waals surface area contributed by atoms with Gasteiger partial charge in [0.2, 0.25) is 0 Å². The molecule has 0 aliphatic rings. The summed E-state index contributed by atoms with van der Waals surface area (Å²) in [7, 11) is 0. The average Bonchev–Trinajstić information content (AvgIpc) is 2.31. The maximum absolute atomic E-state index is 12.7. The summed E-state index contributed by atoms with van der Waals surface area (Å²) in [5, 5.41) is 0.219. The fourth-order valence-corrected chi connectivity index (χ4v) is 2.06. The molecule has 18 heavy (non-hydrogen) atoms. The maximum Gasteiger partial charge on any atom is 0.433 e. The summed E-state index contributed by atoms with van der Waals surface area (Å²) in [4.78, 5) is 4.13. The molecule has 2 aromatic rings. The van der Waals surface area contributed by atoms with Crippen molar-refractivity contribution >= 4 is 11.8 Å². The lowest BCUT2D eigenvalue weighted by Gasteiger charge is -2.07. The van der Waals surface area contributed by atoms with Crippen molar-refractivity contribution in [2.75, 3.05) is 0 Å². The van der Waals surface area contributed by atoms with Crippen molar-refractivity contribution in [2.24, 2.45) is 0 Å². The van der Waals surface area contributed by atoms with E-state index < -0.39 is 17.7 Å². The van der Waals surface area contributed by atoms with Gasteiger partial charge >= 0.3 is 6.18 Å². The molecule has 0 amide bonds. The van der Waals surface area contributed by atoms with Crippen molar-refractivity contribution in [3.63, 3.8) is 0 Å². The number of rotatable bonds is 2. The van der Waals surface area contributed by atoms with Crippen molar-refractivity contribution in [1.82, 2.24) is 4.98 Å². The SMILES string of the molecule is Fc1ccc(Sc2cccc(C(F)(F)F)n2)cc1. The fourth-order valence-electron chi connectivity index (χ4n) is 1.25. The highest BCUT2D eigenvalue weighted by Gasteiger charge is 2.32.